The van der Waals surface area contributed by atoms with Gasteiger partial charge < -0.3 is 9.80 Å². The van der Waals surface area contributed by atoms with Gasteiger partial charge in [0.25, 0.3) is 5.91 Å². The van der Waals surface area contributed by atoms with Crippen molar-refractivity contribution in [3.63, 3.8) is 0 Å². The summed E-state index contributed by atoms with van der Waals surface area (Å²) < 4.78 is 0. The number of pyridine rings is 1. The molecule has 0 aliphatic carbocycles. The molecule has 1 saturated heterocycles. The first-order chi connectivity index (χ1) is 14.1. The van der Waals surface area contributed by atoms with E-state index in [2.05, 4.69) is 28.6 Å². The lowest BCUT2D eigenvalue weighted by Gasteiger charge is -2.24. The lowest BCUT2D eigenvalue weighted by Crippen LogP contribution is -2.37. The number of amides is 2. The van der Waals surface area contributed by atoms with Crippen molar-refractivity contribution in [2.45, 2.75) is 6.42 Å². The third-order valence-corrected chi connectivity index (χ3v) is 6.26. The lowest BCUT2D eigenvalue weighted by atomic mass is 9.93. The molecular weight excluding hydrogens is 382 g/mol. The van der Waals surface area contributed by atoms with Gasteiger partial charge in [-0.1, -0.05) is 30.3 Å². The second-order valence-corrected chi connectivity index (χ2v) is 8.23. The molecule has 1 aliphatic heterocycles. The van der Waals surface area contributed by atoms with E-state index >= 15 is 0 Å². The average molecular weight is 406 g/mol. The van der Waals surface area contributed by atoms with E-state index in [0.717, 1.165) is 11.1 Å². The number of carbonyl (C=O) groups excluding carboxylic acids is 2. The Kier molecular flexibility index (Phi) is 5.71. The molecule has 0 radical (unpaired) electrons. The summed E-state index contributed by atoms with van der Waals surface area (Å²) in [6, 6.07) is 15.8. The third-order valence-electron chi connectivity index (χ3n) is 5.36. The van der Waals surface area contributed by atoms with E-state index < -0.39 is 0 Å². The average Bonchev–Trinajstić information content (AvgIpc) is 3.26. The molecule has 3 aromatic rings. The van der Waals surface area contributed by atoms with Crippen LogP contribution in [0.25, 0.3) is 10.4 Å². The van der Waals surface area contributed by atoms with Crippen LogP contribution in [0, 0.1) is 5.92 Å². The smallest absolute Gasteiger partial charge is 0.254 e. The second kappa shape index (κ2) is 8.57. The van der Waals surface area contributed by atoms with Gasteiger partial charge in [-0.2, -0.15) is 0 Å². The van der Waals surface area contributed by atoms with Crippen LogP contribution >= 0.6 is 11.3 Å². The van der Waals surface area contributed by atoms with E-state index in [0.29, 0.717) is 31.6 Å². The SMILES string of the molecule is CN1CCN(C(=O)c2ccncc2)C[C@@H](Cc2ccccc2-c2cccs2)C1=O. The van der Waals surface area contributed by atoms with Gasteiger partial charge in [-0.25, -0.2) is 0 Å². The van der Waals surface area contributed by atoms with Gasteiger partial charge in [0.2, 0.25) is 5.91 Å². The maximum absolute atomic E-state index is 13.0. The minimum atomic E-state index is -0.269. The molecule has 1 aliphatic rings. The normalized spacial score (nSPS) is 17.3. The molecule has 29 heavy (non-hydrogen) atoms. The summed E-state index contributed by atoms with van der Waals surface area (Å²) in [6.07, 6.45) is 3.85. The van der Waals surface area contributed by atoms with Crippen LogP contribution in [0.3, 0.4) is 0 Å². The molecule has 0 bridgehead atoms. The molecule has 4 rings (SSSR count). The Morgan fingerprint density at radius 1 is 1.10 bits per heavy atom. The molecular formula is C23H23N3O2S. The molecule has 6 heteroatoms. The Balaban J connectivity index is 1.60. The fraction of sp³-hybridized carbons (Fsp3) is 0.261. The highest BCUT2D eigenvalue weighted by Crippen LogP contribution is 2.30. The molecule has 0 unspecified atom stereocenters. The van der Waals surface area contributed by atoms with Gasteiger partial charge in [0.15, 0.2) is 0 Å². The summed E-state index contributed by atoms with van der Waals surface area (Å²) in [5, 5.41) is 2.06. The number of hydrogen-bond donors (Lipinski definition) is 0. The summed E-state index contributed by atoms with van der Waals surface area (Å²) in [7, 11) is 1.82. The molecule has 0 saturated carbocycles. The zero-order chi connectivity index (χ0) is 20.2. The molecule has 148 valence electrons. The Hall–Kier alpha value is -2.99. The molecule has 2 aromatic heterocycles. The van der Waals surface area contributed by atoms with Crippen LogP contribution < -0.4 is 0 Å². The number of carbonyl (C=O) groups is 2. The van der Waals surface area contributed by atoms with Crippen LogP contribution in [0.15, 0.2) is 66.3 Å². The number of aromatic nitrogens is 1. The quantitative estimate of drug-likeness (QED) is 0.667. The molecule has 1 aromatic carbocycles. The highest BCUT2D eigenvalue weighted by molar-refractivity contribution is 7.13. The van der Waals surface area contributed by atoms with Crippen LogP contribution in [0.4, 0.5) is 0 Å². The molecule has 1 atom stereocenters. The van der Waals surface area contributed by atoms with Crippen LogP contribution in [0.1, 0.15) is 15.9 Å². The third kappa shape index (κ3) is 4.22. The van der Waals surface area contributed by atoms with E-state index in [1.54, 1.807) is 45.7 Å². The minimum Gasteiger partial charge on any atom is -0.344 e. The van der Waals surface area contributed by atoms with Gasteiger partial charge in [0, 0.05) is 49.5 Å². The van der Waals surface area contributed by atoms with E-state index in [4.69, 9.17) is 0 Å². The van der Waals surface area contributed by atoms with Crippen LogP contribution in [-0.4, -0.2) is 53.3 Å². The van der Waals surface area contributed by atoms with Gasteiger partial charge in [-0.05, 0) is 41.1 Å². The monoisotopic (exact) mass is 405 g/mol. The first kappa shape index (κ1) is 19.3. The Morgan fingerprint density at radius 2 is 1.90 bits per heavy atom. The van der Waals surface area contributed by atoms with Crippen LogP contribution in [-0.2, 0) is 11.2 Å². The lowest BCUT2D eigenvalue weighted by molar-refractivity contribution is -0.133. The van der Waals surface area contributed by atoms with Crippen LogP contribution in [0.5, 0.6) is 0 Å². The van der Waals surface area contributed by atoms with Gasteiger partial charge >= 0.3 is 0 Å². The predicted molar refractivity (Wildman–Crippen MR) is 115 cm³/mol. The van der Waals surface area contributed by atoms with Crippen molar-refractivity contribution in [1.82, 2.24) is 14.8 Å². The Morgan fingerprint density at radius 3 is 2.66 bits per heavy atom. The largest absolute Gasteiger partial charge is 0.344 e. The first-order valence-corrected chi connectivity index (χ1v) is 10.6. The minimum absolute atomic E-state index is 0.0490. The highest BCUT2D eigenvalue weighted by atomic mass is 32.1. The van der Waals surface area contributed by atoms with Crippen LogP contribution in [0.2, 0.25) is 0 Å². The predicted octanol–water partition coefficient (Wildman–Crippen LogP) is 3.58. The zero-order valence-corrected chi connectivity index (χ0v) is 17.1. The second-order valence-electron chi connectivity index (χ2n) is 7.28. The topological polar surface area (TPSA) is 53.5 Å². The van der Waals surface area contributed by atoms with E-state index in [-0.39, 0.29) is 17.7 Å². The van der Waals surface area contributed by atoms with Gasteiger partial charge in [0.05, 0.1) is 5.92 Å². The van der Waals surface area contributed by atoms with Gasteiger partial charge in [-0.3, -0.25) is 14.6 Å². The summed E-state index contributed by atoms with van der Waals surface area (Å²) in [4.78, 5) is 34.8. The molecule has 0 spiro atoms. The highest BCUT2D eigenvalue weighted by Gasteiger charge is 2.31. The molecule has 1 fully saturated rings. The number of hydrogen-bond acceptors (Lipinski definition) is 4. The Labute approximate surface area is 174 Å². The van der Waals surface area contributed by atoms with Crippen molar-refractivity contribution >= 4 is 23.2 Å². The maximum Gasteiger partial charge on any atom is 0.254 e. The molecule has 2 amide bonds. The number of nitrogens with zero attached hydrogens (tertiary/aromatic N) is 3. The number of benzene rings is 1. The number of rotatable bonds is 4. The first-order valence-electron chi connectivity index (χ1n) is 9.69. The number of thiophene rings is 1. The molecule has 3 heterocycles. The van der Waals surface area contributed by atoms with Gasteiger partial charge in [-0.15, -0.1) is 11.3 Å². The summed E-state index contributed by atoms with van der Waals surface area (Å²) in [6.45, 7) is 1.49. The fourth-order valence-corrected chi connectivity index (χ4v) is 4.56. The van der Waals surface area contributed by atoms with E-state index in [9.17, 15) is 9.59 Å². The fourth-order valence-electron chi connectivity index (χ4n) is 3.78. The van der Waals surface area contributed by atoms with Crippen molar-refractivity contribution in [3.8, 4) is 10.4 Å². The molecule has 5 nitrogen and oxygen atoms in total. The summed E-state index contributed by atoms with van der Waals surface area (Å²) in [5.74, 6) is -0.225. The molecule has 0 N–H and O–H groups in total. The number of likely N-dealkylation sites (N-methyl/N-ethyl adjacent to an activating group) is 1. The van der Waals surface area contributed by atoms with E-state index in [1.807, 2.05) is 25.2 Å². The standard InChI is InChI=1S/C23H23N3O2S/c1-25-12-13-26(23(28)17-8-10-24-11-9-17)16-19(22(25)27)15-18-5-2-3-6-20(18)21-7-4-14-29-21/h2-11,14,19H,12-13,15-16H2,1H3/t19-/m1/s1. The zero-order valence-electron chi connectivity index (χ0n) is 16.3. The Bertz CT molecular complexity index is 988. The van der Waals surface area contributed by atoms with Gasteiger partial charge in [0.1, 0.15) is 0 Å². The van der Waals surface area contributed by atoms with Crippen molar-refractivity contribution in [1.29, 1.82) is 0 Å². The van der Waals surface area contributed by atoms with Crippen molar-refractivity contribution in [2.75, 3.05) is 26.7 Å². The van der Waals surface area contributed by atoms with E-state index in [1.165, 1.54) is 4.88 Å². The van der Waals surface area contributed by atoms with Crippen molar-refractivity contribution in [2.24, 2.45) is 5.92 Å². The van der Waals surface area contributed by atoms with Crippen molar-refractivity contribution < 1.29 is 9.59 Å². The maximum atomic E-state index is 13.0. The summed E-state index contributed by atoms with van der Waals surface area (Å²) >= 11 is 1.69. The summed E-state index contributed by atoms with van der Waals surface area (Å²) in [5.41, 5.74) is 2.91. The van der Waals surface area contributed by atoms with Crippen molar-refractivity contribution in [3.05, 3.63) is 77.4 Å².